The lowest BCUT2D eigenvalue weighted by atomic mass is 10.2. The maximum absolute atomic E-state index is 11.8. The summed E-state index contributed by atoms with van der Waals surface area (Å²) in [6.07, 6.45) is 2.24. The lowest BCUT2D eigenvalue weighted by molar-refractivity contribution is -0.385. The molecule has 2 rings (SSSR count). The molecule has 0 radical (unpaired) electrons. The number of carbonyl (C=O) groups excluding carboxylic acids is 2. The second-order valence-corrected chi connectivity index (χ2v) is 4.50. The van der Waals surface area contributed by atoms with Gasteiger partial charge in [-0.05, 0) is 31.2 Å². The maximum atomic E-state index is 11.8. The Morgan fingerprint density at radius 3 is 2.61 bits per heavy atom. The van der Waals surface area contributed by atoms with E-state index in [1.807, 2.05) is 0 Å². The first-order valence-corrected chi connectivity index (χ1v) is 6.73. The molecule has 0 aliphatic rings. The van der Waals surface area contributed by atoms with Gasteiger partial charge in [0.2, 0.25) is 5.91 Å². The Morgan fingerprint density at radius 1 is 1.35 bits per heavy atom. The molecule has 1 heterocycles. The minimum Gasteiger partial charge on any atom is -0.462 e. The van der Waals surface area contributed by atoms with Crippen LogP contribution in [0.15, 0.2) is 36.7 Å². The van der Waals surface area contributed by atoms with Gasteiger partial charge in [0.15, 0.2) is 0 Å². The highest BCUT2D eigenvalue weighted by molar-refractivity contribution is 5.92. The zero-order valence-corrected chi connectivity index (χ0v) is 12.3. The molecule has 1 aromatic heterocycles. The van der Waals surface area contributed by atoms with Crippen LogP contribution in [0.1, 0.15) is 17.3 Å². The first-order valence-electron chi connectivity index (χ1n) is 6.73. The van der Waals surface area contributed by atoms with Crippen molar-refractivity contribution in [2.24, 2.45) is 0 Å². The number of amides is 1. The van der Waals surface area contributed by atoms with Crippen LogP contribution in [0.5, 0.6) is 0 Å². The third-order valence-electron chi connectivity index (χ3n) is 2.82. The van der Waals surface area contributed by atoms with Crippen LogP contribution in [-0.2, 0) is 16.1 Å². The minimum absolute atomic E-state index is 0.159. The quantitative estimate of drug-likeness (QED) is 0.491. The van der Waals surface area contributed by atoms with E-state index in [9.17, 15) is 19.7 Å². The van der Waals surface area contributed by atoms with Crippen LogP contribution in [-0.4, -0.2) is 33.2 Å². The van der Waals surface area contributed by atoms with Gasteiger partial charge < -0.3 is 10.1 Å². The highest BCUT2D eigenvalue weighted by Crippen LogP contribution is 2.11. The summed E-state index contributed by atoms with van der Waals surface area (Å²) in [7, 11) is 0. The zero-order chi connectivity index (χ0) is 16.8. The maximum Gasteiger partial charge on any atom is 0.338 e. The molecule has 23 heavy (non-hydrogen) atoms. The third-order valence-corrected chi connectivity index (χ3v) is 2.82. The lowest BCUT2D eigenvalue weighted by Gasteiger charge is -2.06. The Morgan fingerprint density at radius 2 is 2.04 bits per heavy atom. The smallest absolute Gasteiger partial charge is 0.338 e. The normalized spacial score (nSPS) is 10.1. The number of hydrogen-bond donors (Lipinski definition) is 1. The number of nitro groups is 1. The van der Waals surface area contributed by atoms with Gasteiger partial charge in [-0.2, -0.15) is 5.10 Å². The molecule has 1 aromatic carbocycles. The standard InChI is InChI=1S/C14H14N4O5/c1-2-23-14(20)10-3-5-11(6-4-10)16-13(19)9-17-8-12(7-15-17)18(21)22/h3-8H,2,9H2,1H3,(H,16,19). The molecule has 1 N–H and O–H groups in total. The SMILES string of the molecule is CCOC(=O)c1ccc(NC(=O)Cn2cc([N+](=O)[O-])cn2)cc1. The Kier molecular flexibility index (Phi) is 5.03. The van der Waals surface area contributed by atoms with Gasteiger partial charge in [-0.15, -0.1) is 0 Å². The Balaban J connectivity index is 1.94. The number of anilines is 1. The molecule has 0 aliphatic heterocycles. The van der Waals surface area contributed by atoms with Crippen molar-refractivity contribution in [3.05, 3.63) is 52.3 Å². The van der Waals surface area contributed by atoms with Crippen LogP contribution >= 0.6 is 0 Å². The Bertz CT molecular complexity index is 723. The van der Waals surface area contributed by atoms with E-state index >= 15 is 0 Å². The molecule has 0 atom stereocenters. The van der Waals surface area contributed by atoms with Crippen molar-refractivity contribution in [3.63, 3.8) is 0 Å². The molecular formula is C14H14N4O5. The highest BCUT2D eigenvalue weighted by atomic mass is 16.6. The summed E-state index contributed by atoms with van der Waals surface area (Å²) < 4.78 is 6.02. The van der Waals surface area contributed by atoms with Crippen molar-refractivity contribution in [2.75, 3.05) is 11.9 Å². The van der Waals surface area contributed by atoms with E-state index in [1.54, 1.807) is 19.1 Å². The molecule has 0 aliphatic carbocycles. The van der Waals surface area contributed by atoms with Crippen molar-refractivity contribution in [2.45, 2.75) is 13.5 Å². The highest BCUT2D eigenvalue weighted by Gasteiger charge is 2.12. The largest absolute Gasteiger partial charge is 0.462 e. The van der Waals surface area contributed by atoms with Gasteiger partial charge in [0.25, 0.3) is 0 Å². The fourth-order valence-electron chi connectivity index (χ4n) is 1.79. The number of esters is 1. The van der Waals surface area contributed by atoms with Crippen molar-refractivity contribution < 1.29 is 19.2 Å². The molecule has 0 unspecified atom stereocenters. The molecule has 120 valence electrons. The average Bonchev–Trinajstić information content (AvgIpc) is 2.96. The molecule has 0 bridgehead atoms. The number of ether oxygens (including phenoxy) is 1. The van der Waals surface area contributed by atoms with Gasteiger partial charge >= 0.3 is 11.7 Å². The summed E-state index contributed by atoms with van der Waals surface area (Å²) in [5.41, 5.74) is 0.689. The number of aromatic nitrogens is 2. The number of hydrogen-bond acceptors (Lipinski definition) is 6. The predicted octanol–water partition coefficient (Wildman–Crippen LogP) is 1.61. The average molecular weight is 318 g/mol. The number of carbonyl (C=O) groups is 2. The minimum atomic E-state index is -0.588. The van der Waals surface area contributed by atoms with Crippen LogP contribution in [0.4, 0.5) is 11.4 Å². The van der Waals surface area contributed by atoms with Gasteiger partial charge in [0.05, 0.1) is 17.1 Å². The van der Waals surface area contributed by atoms with E-state index in [0.717, 1.165) is 6.20 Å². The summed E-state index contributed by atoms with van der Waals surface area (Å²) in [4.78, 5) is 33.3. The third kappa shape index (κ3) is 4.37. The van der Waals surface area contributed by atoms with Gasteiger partial charge in [0, 0.05) is 5.69 Å². The van der Waals surface area contributed by atoms with E-state index in [1.165, 1.54) is 23.0 Å². The zero-order valence-electron chi connectivity index (χ0n) is 12.3. The topological polar surface area (TPSA) is 116 Å². The summed E-state index contributed by atoms with van der Waals surface area (Å²) >= 11 is 0. The lowest BCUT2D eigenvalue weighted by Crippen LogP contribution is -2.19. The molecular weight excluding hydrogens is 304 g/mol. The second-order valence-electron chi connectivity index (χ2n) is 4.50. The van der Waals surface area contributed by atoms with Gasteiger partial charge in [-0.25, -0.2) is 4.79 Å². The van der Waals surface area contributed by atoms with Crippen LogP contribution < -0.4 is 5.32 Å². The monoisotopic (exact) mass is 318 g/mol. The second kappa shape index (κ2) is 7.16. The first kappa shape index (κ1) is 16.1. The van der Waals surface area contributed by atoms with Crippen molar-refractivity contribution in [1.29, 1.82) is 0 Å². The van der Waals surface area contributed by atoms with Crippen molar-refractivity contribution >= 4 is 23.3 Å². The predicted molar refractivity (Wildman–Crippen MR) is 79.9 cm³/mol. The summed E-state index contributed by atoms with van der Waals surface area (Å²) in [5, 5.41) is 16.9. The summed E-state index contributed by atoms with van der Waals surface area (Å²) in [6, 6.07) is 6.20. The van der Waals surface area contributed by atoms with Gasteiger partial charge in [-0.3, -0.25) is 19.6 Å². The van der Waals surface area contributed by atoms with Crippen molar-refractivity contribution in [1.82, 2.24) is 9.78 Å². The molecule has 9 nitrogen and oxygen atoms in total. The number of nitrogens with zero attached hydrogens (tertiary/aromatic N) is 3. The van der Waals surface area contributed by atoms with Crippen molar-refractivity contribution in [3.8, 4) is 0 Å². The molecule has 0 saturated heterocycles. The molecule has 0 fully saturated rings. The number of rotatable bonds is 6. The Hall–Kier alpha value is -3.23. The number of benzene rings is 1. The molecule has 9 heteroatoms. The van der Waals surface area contributed by atoms with Crippen LogP contribution in [0.25, 0.3) is 0 Å². The van der Waals surface area contributed by atoms with Crippen LogP contribution in [0, 0.1) is 10.1 Å². The van der Waals surface area contributed by atoms with E-state index in [0.29, 0.717) is 11.3 Å². The summed E-state index contributed by atoms with van der Waals surface area (Å²) in [5.74, 6) is -0.832. The number of nitrogens with one attached hydrogen (secondary N) is 1. The van der Waals surface area contributed by atoms with E-state index < -0.39 is 16.8 Å². The Labute approximate surface area is 131 Å². The van der Waals surface area contributed by atoms with Crippen LogP contribution in [0.3, 0.4) is 0 Å². The summed E-state index contributed by atoms with van der Waals surface area (Å²) in [6.45, 7) is 1.84. The van der Waals surface area contributed by atoms with Gasteiger partial charge in [0.1, 0.15) is 18.9 Å². The van der Waals surface area contributed by atoms with Crippen LogP contribution in [0.2, 0.25) is 0 Å². The van der Waals surface area contributed by atoms with Gasteiger partial charge in [-0.1, -0.05) is 0 Å². The molecule has 0 spiro atoms. The molecule has 1 amide bonds. The fraction of sp³-hybridized carbons (Fsp3) is 0.214. The van der Waals surface area contributed by atoms with E-state index in [-0.39, 0.29) is 18.8 Å². The van der Waals surface area contributed by atoms with E-state index in [4.69, 9.17) is 4.74 Å². The molecule has 2 aromatic rings. The molecule has 0 saturated carbocycles. The fourth-order valence-corrected chi connectivity index (χ4v) is 1.79. The first-order chi connectivity index (χ1) is 11.0. The van der Waals surface area contributed by atoms with E-state index in [2.05, 4.69) is 10.4 Å².